The Morgan fingerprint density at radius 2 is 2.25 bits per heavy atom. The molecule has 2 N–H and O–H groups in total. The van der Waals surface area contributed by atoms with Gasteiger partial charge in [0.05, 0.1) is 12.7 Å². The largest absolute Gasteiger partial charge is 0.478 e. The van der Waals surface area contributed by atoms with Crippen LogP contribution in [0.2, 0.25) is 0 Å². The molecule has 4 nitrogen and oxygen atoms in total. The molecule has 0 radical (unpaired) electrons. The minimum absolute atomic E-state index is 0.317. The molecule has 0 aromatic carbocycles. The van der Waals surface area contributed by atoms with E-state index in [-0.39, 0.29) is 6.10 Å². The topological polar surface area (TPSA) is 54.4 Å². The molecule has 1 unspecified atom stereocenters. The number of nitrogens with one attached hydrogen (secondary N) is 1. The lowest BCUT2D eigenvalue weighted by Gasteiger charge is -2.11. The lowest BCUT2D eigenvalue weighted by atomic mass is 10.2. The molecule has 0 aliphatic rings. The molecule has 16 heavy (non-hydrogen) atoms. The first-order valence-corrected chi connectivity index (χ1v) is 5.78. The molecule has 1 rings (SSSR count). The average Bonchev–Trinajstić information content (AvgIpc) is 2.28. The maximum Gasteiger partial charge on any atom is 0.215 e. The van der Waals surface area contributed by atoms with E-state index in [0.717, 1.165) is 18.7 Å². The predicted molar refractivity (Wildman–Crippen MR) is 64.8 cm³/mol. The van der Waals surface area contributed by atoms with Gasteiger partial charge in [0.1, 0.15) is 5.82 Å². The molecule has 1 aromatic rings. The zero-order valence-corrected chi connectivity index (χ0v) is 9.94. The number of aliphatic hydroxyl groups is 1. The second-order valence-corrected chi connectivity index (χ2v) is 3.62. The molecule has 0 fully saturated rings. The average molecular weight is 224 g/mol. The molecule has 1 heterocycles. The summed E-state index contributed by atoms with van der Waals surface area (Å²) in [6.45, 7) is 5.11. The van der Waals surface area contributed by atoms with Crippen LogP contribution in [0.1, 0.15) is 26.7 Å². The zero-order chi connectivity index (χ0) is 11.8. The van der Waals surface area contributed by atoms with Crippen molar-refractivity contribution >= 4 is 5.82 Å². The van der Waals surface area contributed by atoms with Crippen LogP contribution in [-0.2, 0) is 0 Å². The first kappa shape index (κ1) is 12.8. The van der Waals surface area contributed by atoms with Gasteiger partial charge in [-0.3, -0.25) is 0 Å². The van der Waals surface area contributed by atoms with E-state index in [1.165, 1.54) is 0 Å². The molecule has 1 aromatic heterocycles. The van der Waals surface area contributed by atoms with Gasteiger partial charge in [-0.1, -0.05) is 19.4 Å². The summed E-state index contributed by atoms with van der Waals surface area (Å²) in [6, 6.07) is 5.56. The van der Waals surface area contributed by atoms with Crippen molar-refractivity contribution in [3.63, 3.8) is 0 Å². The van der Waals surface area contributed by atoms with Crippen molar-refractivity contribution in [3.05, 3.63) is 18.2 Å². The Morgan fingerprint density at radius 1 is 1.44 bits per heavy atom. The van der Waals surface area contributed by atoms with Crippen molar-refractivity contribution in [2.24, 2.45) is 0 Å². The Balaban J connectivity index is 2.44. The predicted octanol–water partition coefficient (Wildman–Crippen LogP) is 2.05. The Kier molecular flexibility index (Phi) is 5.64. The Bertz CT molecular complexity index is 305. The number of nitrogens with zero attached hydrogens (tertiary/aromatic N) is 1. The monoisotopic (exact) mass is 224 g/mol. The number of anilines is 1. The minimum Gasteiger partial charge on any atom is -0.478 e. The van der Waals surface area contributed by atoms with Crippen LogP contribution in [0, 0.1) is 0 Å². The van der Waals surface area contributed by atoms with Crippen molar-refractivity contribution in [2.45, 2.75) is 32.8 Å². The van der Waals surface area contributed by atoms with Crippen LogP contribution < -0.4 is 10.1 Å². The van der Waals surface area contributed by atoms with Crippen LogP contribution in [0.4, 0.5) is 5.82 Å². The van der Waals surface area contributed by atoms with Gasteiger partial charge >= 0.3 is 0 Å². The molecule has 0 bridgehead atoms. The summed E-state index contributed by atoms with van der Waals surface area (Å²) < 4.78 is 5.29. The minimum atomic E-state index is -0.317. The SMILES string of the molecule is CCCC(O)CNc1cccc(OCC)n1. The highest BCUT2D eigenvalue weighted by Crippen LogP contribution is 2.11. The summed E-state index contributed by atoms with van der Waals surface area (Å²) in [7, 11) is 0. The van der Waals surface area contributed by atoms with Crippen molar-refractivity contribution in [1.29, 1.82) is 0 Å². The van der Waals surface area contributed by atoms with Crippen molar-refractivity contribution in [1.82, 2.24) is 4.98 Å². The van der Waals surface area contributed by atoms with Crippen molar-refractivity contribution in [3.8, 4) is 5.88 Å². The van der Waals surface area contributed by atoms with E-state index >= 15 is 0 Å². The smallest absolute Gasteiger partial charge is 0.215 e. The van der Waals surface area contributed by atoms with E-state index in [0.29, 0.717) is 19.0 Å². The normalized spacial score (nSPS) is 12.2. The van der Waals surface area contributed by atoms with E-state index in [2.05, 4.69) is 17.2 Å². The third-order valence-corrected chi connectivity index (χ3v) is 2.16. The fourth-order valence-corrected chi connectivity index (χ4v) is 1.40. The first-order valence-electron chi connectivity index (χ1n) is 5.78. The van der Waals surface area contributed by atoms with Crippen LogP contribution in [0.25, 0.3) is 0 Å². The van der Waals surface area contributed by atoms with Gasteiger partial charge < -0.3 is 15.2 Å². The van der Waals surface area contributed by atoms with Gasteiger partial charge in [0.2, 0.25) is 5.88 Å². The van der Waals surface area contributed by atoms with E-state index in [9.17, 15) is 5.11 Å². The van der Waals surface area contributed by atoms with Crippen LogP contribution >= 0.6 is 0 Å². The molecule has 0 spiro atoms. The highest BCUT2D eigenvalue weighted by Gasteiger charge is 2.03. The third-order valence-electron chi connectivity index (χ3n) is 2.16. The summed E-state index contributed by atoms with van der Waals surface area (Å²) in [5, 5.41) is 12.6. The Labute approximate surface area is 96.7 Å². The fourth-order valence-electron chi connectivity index (χ4n) is 1.40. The van der Waals surface area contributed by atoms with Crippen molar-refractivity contribution in [2.75, 3.05) is 18.5 Å². The summed E-state index contributed by atoms with van der Waals surface area (Å²) in [6.07, 6.45) is 1.47. The van der Waals surface area contributed by atoms with E-state index in [4.69, 9.17) is 4.74 Å². The Morgan fingerprint density at radius 3 is 2.94 bits per heavy atom. The molecular weight excluding hydrogens is 204 g/mol. The van der Waals surface area contributed by atoms with Crippen molar-refractivity contribution < 1.29 is 9.84 Å². The zero-order valence-electron chi connectivity index (χ0n) is 9.94. The van der Waals surface area contributed by atoms with E-state index in [1.807, 2.05) is 25.1 Å². The fraction of sp³-hybridized carbons (Fsp3) is 0.583. The Hall–Kier alpha value is -1.29. The molecule has 0 amide bonds. The lowest BCUT2D eigenvalue weighted by molar-refractivity contribution is 0.176. The van der Waals surface area contributed by atoms with Crippen LogP contribution in [-0.4, -0.2) is 29.3 Å². The number of rotatable bonds is 7. The summed E-state index contributed by atoms with van der Waals surface area (Å²) in [4.78, 5) is 4.25. The number of hydrogen-bond donors (Lipinski definition) is 2. The second kappa shape index (κ2) is 7.06. The van der Waals surface area contributed by atoms with Gasteiger partial charge in [-0.05, 0) is 19.4 Å². The quantitative estimate of drug-likeness (QED) is 0.744. The van der Waals surface area contributed by atoms with E-state index < -0.39 is 0 Å². The number of aromatic nitrogens is 1. The molecule has 0 saturated heterocycles. The summed E-state index contributed by atoms with van der Waals surface area (Å²) in [5.74, 6) is 1.35. The van der Waals surface area contributed by atoms with Gasteiger partial charge in [0, 0.05) is 12.6 Å². The van der Waals surface area contributed by atoms with Crippen LogP contribution in [0.15, 0.2) is 18.2 Å². The van der Waals surface area contributed by atoms with Gasteiger partial charge in [-0.25, -0.2) is 0 Å². The van der Waals surface area contributed by atoms with Gasteiger partial charge in [-0.15, -0.1) is 0 Å². The van der Waals surface area contributed by atoms with E-state index in [1.54, 1.807) is 0 Å². The van der Waals surface area contributed by atoms with Crippen LogP contribution in [0.5, 0.6) is 5.88 Å². The number of pyridine rings is 1. The highest BCUT2D eigenvalue weighted by atomic mass is 16.5. The second-order valence-electron chi connectivity index (χ2n) is 3.62. The molecule has 0 aliphatic heterocycles. The summed E-state index contributed by atoms with van der Waals surface area (Å²) >= 11 is 0. The highest BCUT2D eigenvalue weighted by molar-refractivity contribution is 5.37. The first-order chi connectivity index (χ1) is 7.76. The standard InChI is InChI=1S/C12H20N2O2/c1-3-6-10(15)9-13-11-7-5-8-12(14-11)16-4-2/h5,7-8,10,15H,3-4,6,9H2,1-2H3,(H,13,14). The molecule has 0 aliphatic carbocycles. The number of ether oxygens (including phenoxy) is 1. The van der Waals surface area contributed by atoms with Gasteiger partial charge in [0.15, 0.2) is 0 Å². The molecule has 0 saturated carbocycles. The van der Waals surface area contributed by atoms with Crippen LogP contribution in [0.3, 0.4) is 0 Å². The van der Waals surface area contributed by atoms with Gasteiger partial charge in [-0.2, -0.15) is 4.98 Å². The molecular formula is C12H20N2O2. The molecule has 1 atom stereocenters. The summed E-state index contributed by atoms with van der Waals surface area (Å²) in [5.41, 5.74) is 0. The molecule has 90 valence electrons. The molecule has 4 heteroatoms. The maximum atomic E-state index is 9.56. The third kappa shape index (κ3) is 4.49. The maximum absolute atomic E-state index is 9.56. The number of hydrogen-bond acceptors (Lipinski definition) is 4. The van der Waals surface area contributed by atoms with Gasteiger partial charge in [0.25, 0.3) is 0 Å². The lowest BCUT2D eigenvalue weighted by Crippen LogP contribution is -2.19. The number of aliphatic hydroxyl groups excluding tert-OH is 1.